The van der Waals surface area contributed by atoms with Crippen molar-refractivity contribution in [1.29, 1.82) is 0 Å². The van der Waals surface area contributed by atoms with E-state index in [-0.39, 0.29) is 0 Å². The van der Waals surface area contributed by atoms with Gasteiger partial charge < -0.3 is 0 Å². The molecule has 0 radical (unpaired) electrons. The number of allylic oxidation sites excluding steroid dienone is 9. The molecule has 1 unspecified atom stereocenters. The molecular weight excluding hydrogens is 302 g/mol. The first-order chi connectivity index (χ1) is 11.9. The van der Waals surface area contributed by atoms with Gasteiger partial charge in [0.05, 0.1) is 5.69 Å². The number of rotatable bonds is 6. The summed E-state index contributed by atoms with van der Waals surface area (Å²) in [5, 5.41) is 0. The van der Waals surface area contributed by atoms with Gasteiger partial charge in [0.1, 0.15) is 0 Å². The van der Waals surface area contributed by atoms with Crippen LogP contribution in [0.5, 0.6) is 0 Å². The molecule has 0 amide bonds. The number of hydrogen-bond donors (Lipinski definition) is 0. The summed E-state index contributed by atoms with van der Waals surface area (Å²) in [6, 6.07) is 2.34. The van der Waals surface area contributed by atoms with Crippen LogP contribution in [-0.2, 0) is 0 Å². The molecule has 0 spiro atoms. The van der Waals surface area contributed by atoms with Crippen molar-refractivity contribution in [3.05, 3.63) is 76.7 Å². The van der Waals surface area contributed by atoms with E-state index in [1.54, 1.807) is 0 Å². The Labute approximate surface area is 153 Å². The number of aromatic nitrogens is 1. The average molecular weight is 334 g/mol. The summed E-state index contributed by atoms with van der Waals surface area (Å²) in [4.78, 5) is 4.80. The standard InChI is InChI=1S/C24H31N/c1-8-10-11-17(5)12-20-13-19(7)24-22(20)14-21(15-25-24)23(16(3)4)18(6)9-2/h8,10-11,13-15,20H,3,9,12H2,1-2,4-7H3/b10-8-,17-11+,23-18+. The first-order valence-electron chi connectivity index (χ1n) is 9.22. The van der Waals surface area contributed by atoms with Gasteiger partial charge in [-0.15, -0.1) is 0 Å². The van der Waals surface area contributed by atoms with E-state index in [0.717, 1.165) is 24.1 Å². The van der Waals surface area contributed by atoms with Gasteiger partial charge in [-0.2, -0.15) is 0 Å². The third-order valence-corrected chi connectivity index (χ3v) is 4.93. The second-order valence-corrected chi connectivity index (χ2v) is 7.15. The van der Waals surface area contributed by atoms with Crippen molar-refractivity contribution in [2.24, 2.45) is 0 Å². The molecule has 1 heteroatoms. The SMILES string of the molecule is C=C(C)/C(=C(/C)CC)c1cnc2c(c1)C(C/C(C)=C/C=C\C)C=C2C. The fourth-order valence-electron chi connectivity index (χ4n) is 3.58. The molecule has 0 bridgehead atoms. The average Bonchev–Trinajstić information content (AvgIpc) is 2.88. The summed E-state index contributed by atoms with van der Waals surface area (Å²) in [5.74, 6) is 0.414. The molecular formula is C24H31N. The van der Waals surface area contributed by atoms with Gasteiger partial charge in [0.2, 0.25) is 0 Å². The van der Waals surface area contributed by atoms with E-state index in [1.807, 2.05) is 6.20 Å². The zero-order valence-corrected chi connectivity index (χ0v) is 16.6. The Morgan fingerprint density at radius 3 is 2.60 bits per heavy atom. The minimum Gasteiger partial charge on any atom is -0.256 e. The van der Waals surface area contributed by atoms with Crippen LogP contribution in [0.4, 0.5) is 0 Å². The van der Waals surface area contributed by atoms with Crippen molar-refractivity contribution < 1.29 is 0 Å². The Bertz CT molecular complexity index is 784. The Morgan fingerprint density at radius 1 is 1.28 bits per heavy atom. The van der Waals surface area contributed by atoms with Crippen LogP contribution in [0, 0.1) is 0 Å². The molecule has 0 aromatic carbocycles. The molecule has 0 saturated carbocycles. The molecule has 1 aliphatic rings. The van der Waals surface area contributed by atoms with E-state index < -0.39 is 0 Å². The van der Waals surface area contributed by atoms with Gasteiger partial charge in [0.15, 0.2) is 0 Å². The third-order valence-electron chi connectivity index (χ3n) is 4.93. The molecule has 0 fully saturated rings. The summed E-state index contributed by atoms with van der Waals surface area (Å²) in [7, 11) is 0. The highest BCUT2D eigenvalue weighted by molar-refractivity contribution is 5.82. The lowest BCUT2D eigenvalue weighted by molar-refractivity contribution is 0.833. The number of nitrogens with zero attached hydrogens (tertiary/aromatic N) is 1. The predicted molar refractivity (Wildman–Crippen MR) is 112 cm³/mol. The van der Waals surface area contributed by atoms with Crippen molar-refractivity contribution in [3.63, 3.8) is 0 Å². The summed E-state index contributed by atoms with van der Waals surface area (Å²) < 4.78 is 0. The highest BCUT2D eigenvalue weighted by atomic mass is 14.7. The summed E-state index contributed by atoms with van der Waals surface area (Å²) in [6.45, 7) is 17.1. The maximum Gasteiger partial charge on any atom is 0.0694 e. The maximum absolute atomic E-state index is 4.80. The van der Waals surface area contributed by atoms with Crippen molar-refractivity contribution in [3.8, 4) is 0 Å². The van der Waals surface area contributed by atoms with Gasteiger partial charge in [-0.05, 0) is 70.2 Å². The molecule has 0 aliphatic heterocycles. The van der Waals surface area contributed by atoms with E-state index in [0.29, 0.717) is 5.92 Å². The third kappa shape index (κ3) is 4.28. The number of fused-ring (bicyclic) bond motifs is 1. The summed E-state index contributed by atoms with van der Waals surface area (Å²) >= 11 is 0. The minimum atomic E-state index is 0.414. The Hall–Kier alpha value is -2.15. The molecule has 132 valence electrons. The lowest BCUT2D eigenvalue weighted by Crippen LogP contribution is -2.00. The summed E-state index contributed by atoms with van der Waals surface area (Å²) in [6.07, 6.45) is 12.9. The van der Waals surface area contributed by atoms with Gasteiger partial charge in [0.25, 0.3) is 0 Å². The van der Waals surface area contributed by atoms with Crippen LogP contribution in [0.15, 0.2) is 59.9 Å². The fourth-order valence-corrected chi connectivity index (χ4v) is 3.58. The van der Waals surface area contributed by atoms with Crippen LogP contribution in [0.2, 0.25) is 0 Å². The first kappa shape index (κ1) is 19.2. The molecule has 1 atom stereocenters. The van der Waals surface area contributed by atoms with Crippen molar-refractivity contribution in [1.82, 2.24) is 4.98 Å². The highest BCUT2D eigenvalue weighted by Gasteiger charge is 2.23. The molecule has 0 N–H and O–H groups in total. The number of hydrogen-bond acceptors (Lipinski definition) is 1. The zero-order chi connectivity index (χ0) is 18.6. The van der Waals surface area contributed by atoms with E-state index in [1.165, 1.54) is 33.4 Å². The van der Waals surface area contributed by atoms with Crippen LogP contribution in [0.1, 0.15) is 77.1 Å². The van der Waals surface area contributed by atoms with Crippen LogP contribution in [-0.4, -0.2) is 4.98 Å². The van der Waals surface area contributed by atoms with Gasteiger partial charge in [0, 0.05) is 17.7 Å². The van der Waals surface area contributed by atoms with Crippen LogP contribution in [0.3, 0.4) is 0 Å². The van der Waals surface area contributed by atoms with Gasteiger partial charge in [-0.25, -0.2) is 0 Å². The Morgan fingerprint density at radius 2 is 2.00 bits per heavy atom. The van der Waals surface area contributed by atoms with Gasteiger partial charge >= 0.3 is 0 Å². The molecule has 2 rings (SSSR count). The molecule has 1 aromatic heterocycles. The van der Waals surface area contributed by atoms with Crippen LogP contribution in [0.25, 0.3) is 11.1 Å². The summed E-state index contributed by atoms with van der Waals surface area (Å²) in [5.41, 5.74) is 10.1. The smallest absolute Gasteiger partial charge is 0.0694 e. The lowest BCUT2D eigenvalue weighted by atomic mass is 9.90. The molecule has 25 heavy (non-hydrogen) atoms. The monoisotopic (exact) mass is 333 g/mol. The van der Waals surface area contributed by atoms with Crippen LogP contribution >= 0.6 is 0 Å². The molecule has 1 nitrogen and oxygen atoms in total. The normalized spacial score (nSPS) is 18.2. The fraction of sp³-hybridized carbons (Fsp3) is 0.375. The number of pyridine rings is 1. The van der Waals surface area contributed by atoms with E-state index in [2.05, 4.69) is 78.5 Å². The molecule has 1 heterocycles. The molecule has 0 saturated heterocycles. The van der Waals surface area contributed by atoms with E-state index in [4.69, 9.17) is 4.98 Å². The van der Waals surface area contributed by atoms with Crippen molar-refractivity contribution in [2.45, 2.75) is 60.3 Å². The van der Waals surface area contributed by atoms with E-state index >= 15 is 0 Å². The lowest BCUT2D eigenvalue weighted by Gasteiger charge is -2.16. The van der Waals surface area contributed by atoms with Crippen molar-refractivity contribution in [2.75, 3.05) is 0 Å². The van der Waals surface area contributed by atoms with Crippen LogP contribution < -0.4 is 0 Å². The predicted octanol–water partition coefficient (Wildman–Crippen LogP) is 7.25. The molecule has 1 aromatic rings. The van der Waals surface area contributed by atoms with Gasteiger partial charge in [-0.3, -0.25) is 4.98 Å². The minimum absolute atomic E-state index is 0.414. The Balaban J connectivity index is 2.45. The largest absolute Gasteiger partial charge is 0.256 e. The Kier molecular flexibility index (Phi) is 6.36. The highest BCUT2D eigenvalue weighted by Crippen LogP contribution is 2.40. The first-order valence-corrected chi connectivity index (χ1v) is 9.22. The topological polar surface area (TPSA) is 12.9 Å². The molecule has 1 aliphatic carbocycles. The van der Waals surface area contributed by atoms with E-state index in [9.17, 15) is 0 Å². The zero-order valence-electron chi connectivity index (χ0n) is 16.6. The van der Waals surface area contributed by atoms with Gasteiger partial charge in [-0.1, -0.05) is 54.5 Å². The quantitative estimate of drug-likeness (QED) is 0.499. The second kappa shape index (κ2) is 8.29. The second-order valence-electron chi connectivity index (χ2n) is 7.15. The maximum atomic E-state index is 4.80. The van der Waals surface area contributed by atoms with Crippen molar-refractivity contribution >= 4 is 11.1 Å².